The molecule has 1 heterocycles. The quantitative estimate of drug-likeness (QED) is 0.429. The van der Waals surface area contributed by atoms with Crippen LogP contribution in [0.4, 0.5) is 0 Å². The zero-order valence-corrected chi connectivity index (χ0v) is 17.6. The van der Waals surface area contributed by atoms with Crippen molar-refractivity contribution in [2.45, 2.75) is 27.7 Å². The summed E-state index contributed by atoms with van der Waals surface area (Å²) in [6.07, 6.45) is 1.38. The van der Waals surface area contributed by atoms with Crippen LogP contribution in [-0.2, 0) is 4.79 Å². The second-order valence-electron chi connectivity index (χ2n) is 6.02. The van der Waals surface area contributed by atoms with Gasteiger partial charge in [0.1, 0.15) is 11.5 Å². The van der Waals surface area contributed by atoms with Gasteiger partial charge in [0.15, 0.2) is 11.5 Å². The van der Waals surface area contributed by atoms with Crippen LogP contribution in [0.15, 0.2) is 33.8 Å². The van der Waals surface area contributed by atoms with Crippen molar-refractivity contribution in [3.63, 3.8) is 0 Å². The highest BCUT2D eigenvalue weighted by molar-refractivity contribution is 5.97. The standard InChI is InChI=1S/C21H27N3O6/c1-5-27-17-10-15(11-18(28-6-2)20(17)29-7-3)21(26)22-13-19(25)24-23-12-16-9-8-14(4)30-16/h8-12H,5-7,13H2,1-4H3,(H,22,26)(H,24,25)/b23-12-. The zero-order chi connectivity index (χ0) is 21.9. The molecule has 2 amide bonds. The molecular weight excluding hydrogens is 390 g/mol. The Bertz CT molecular complexity index is 864. The molecular formula is C21H27N3O6. The van der Waals surface area contributed by atoms with Crippen molar-refractivity contribution in [3.05, 3.63) is 41.3 Å². The molecule has 0 fully saturated rings. The molecule has 2 N–H and O–H groups in total. The van der Waals surface area contributed by atoms with E-state index in [4.69, 9.17) is 18.6 Å². The second kappa shape index (κ2) is 11.5. The first-order chi connectivity index (χ1) is 14.5. The van der Waals surface area contributed by atoms with Crippen LogP contribution >= 0.6 is 0 Å². The Hall–Kier alpha value is -3.49. The lowest BCUT2D eigenvalue weighted by atomic mass is 10.1. The van der Waals surface area contributed by atoms with Gasteiger partial charge < -0.3 is 23.9 Å². The number of hydrogen-bond acceptors (Lipinski definition) is 7. The van der Waals surface area contributed by atoms with Gasteiger partial charge in [-0.2, -0.15) is 5.10 Å². The average molecular weight is 417 g/mol. The van der Waals surface area contributed by atoms with Crippen LogP contribution in [0.5, 0.6) is 17.2 Å². The molecule has 0 aliphatic rings. The molecule has 9 nitrogen and oxygen atoms in total. The number of rotatable bonds is 11. The van der Waals surface area contributed by atoms with E-state index >= 15 is 0 Å². The van der Waals surface area contributed by atoms with Crippen LogP contribution in [0.25, 0.3) is 0 Å². The maximum absolute atomic E-state index is 12.5. The maximum Gasteiger partial charge on any atom is 0.259 e. The Morgan fingerprint density at radius 3 is 2.20 bits per heavy atom. The number of ether oxygens (including phenoxy) is 3. The third-order valence-electron chi connectivity index (χ3n) is 3.72. The number of amides is 2. The summed E-state index contributed by atoms with van der Waals surface area (Å²) in [5.74, 6) is 1.56. The molecule has 0 atom stereocenters. The summed E-state index contributed by atoms with van der Waals surface area (Å²) < 4.78 is 22.1. The Labute approximate surface area is 175 Å². The van der Waals surface area contributed by atoms with Crippen molar-refractivity contribution < 1.29 is 28.2 Å². The van der Waals surface area contributed by atoms with Crippen molar-refractivity contribution in [2.24, 2.45) is 5.10 Å². The number of aryl methyl sites for hydroxylation is 1. The van der Waals surface area contributed by atoms with Gasteiger partial charge in [0.05, 0.1) is 32.6 Å². The van der Waals surface area contributed by atoms with Crippen LogP contribution in [0.3, 0.4) is 0 Å². The topological polar surface area (TPSA) is 111 Å². The van der Waals surface area contributed by atoms with E-state index < -0.39 is 11.8 Å². The first-order valence-electron chi connectivity index (χ1n) is 9.71. The molecule has 0 unspecified atom stereocenters. The summed E-state index contributed by atoms with van der Waals surface area (Å²) in [5.41, 5.74) is 2.61. The first-order valence-corrected chi connectivity index (χ1v) is 9.71. The van der Waals surface area contributed by atoms with Gasteiger partial charge in [-0.3, -0.25) is 9.59 Å². The van der Waals surface area contributed by atoms with E-state index in [1.807, 2.05) is 20.8 Å². The molecule has 30 heavy (non-hydrogen) atoms. The minimum Gasteiger partial charge on any atom is -0.490 e. The lowest BCUT2D eigenvalue weighted by molar-refractivity contribution is -0.120. The van der Waals surface area contributed by atoms with Crippen LogP contribution in [0.2, 0.25) is 0 Å². The molecule has 0 aliphatic heterocycles. The minimum absolute atomic E-state index is 0.255. The maximum atomic E-state index is 12.5. The van der Waals surface area contributed by atoms with Gasteiger partial charge in [-0.1, -0.05) is 0 Å². The lowest BCUT2D eigenvalue weighted by Crippen LogP contribution is -2.35. The molecule has 2 rings (SSSR count). The van der Waals surface area contributed by atoms with Crippen LogP contribution in [-0.4, -0.2) is 44.4 Å². The van der Waals surface area contributed by atoms with Gasteiger partial charge in [-0.25, -0.2) is 5.43 Å². The Morgan fingerprint density at radius 1 is 1.03 bits per heavy atom. The van der Waals surface area contributed by atoms with Gasteiger partial charge in [-0.15, -0.1) is 0 Å². The number of nitrogens with zero attached hydrogens (tertiary/aromatic N) is 1. The molecule has 1 aromatic carbocycles. The SMILES string of the molecule is CCOc1cc(C(=O)NCC(=O)N/N=C\c2ccc(C)o2)cc(OCC)c1OCC. The lowest BCUT2D eigenvalue weighted by Gasteiger charge is -2.17. The van der Waals surface area contributed by atoms with E-state index in [2.05, 4.69) is 15.8 Å². The largest absolute Gasteiger partial charge is 0.490 e. The van der Waals surface area contributed by atoms with Gasteiger partial charge in [0.2, 0.25) is 5.75 Å². The van der Waals surface area contributed by atoms with Crippen molar-refractivity contribution in [1.29, 1.82) is 0 Å². The van der Waals surface area contributed by atoms with Crippen molar-refractivity contribution in [3.8, 4) is 17.2 Å². The molecule has 9 heteroatoms. The Balaban J connectivity index is 2.02. The second-order valence-corrected chi connectivity index (χ2v) is 6.02. The molecule has 162 valence electrons. The van der Waals surface area contributed by atoms with Crippen LogP contribution < -0.4 is 25.0 Å². The number of nitrogens with one attached hydrogen (secondary N) is 2. The zero-order valence-electron chi connectivity index (χ0n) is 17.6. The monoisotopic (exact) mass is 417 g/mol. The van der Waals surface area contributed by atoms with E-state index in [-0.39, 0.29) is 12.1 Å². The fourth-order valence-electron chi connectivity index (χ4n) is 2.51. The predicted molar refractivity (Wildman–Crippen MR) is 111 cm³/mol. The van der Waals surface area contributed by atoms with E-state index in [1.165, 1.54) is 6.21 Å². The average Bonchev–Trinajstić information content (AvgIpc) is 3.13. The summed E-state index contributed by atoms with van der Waals surface area (Å²) in [7, 11) is 0. The number of carbonyl (C=O) groups is 2. The molecule has 2 aromatic rings. The molecule has 0 spiro atoms. The summed E-state index contributed by atoms with van der Waals surface area (Å²) in [4.78, 5) is 24.4. The van der Waals surface area contributed by atoms with Crippen molar-refractivity contribution >= 4 is 18.0 Å². The van der Waals surface area contributed by atoms with Gasteiger partial charge in [0, 0.05) is 5.56 Å². The summed E-state index contributed by atoms with van der Waals surface area (Å²) in [6, 6.07) is 6.63. The van der Waals surface area contributed by atoms with E-state index in [9.17, 15) is 9.59 Å². The molecule has 1 aromatic heterocycles. The number of hydrogen-bond donors (Lipinski definition) is 2. The minimum atomic E-state index is -0.483. The molecule has 0 radical (unpaired) electrons. The Kier molecular flexibility index (Phi) is 8.74. The summed E-state index contributed by atoms with van der Waals surface area (Å²) in [5, 5.41) is 6.33. The number of hydrazone groups is 1. The number of furan rings is 1. The third-order valence-corrected chi connectivity index (χ3v) is 3.72. The summed E-state index contributed by atoms with van der Waals surface area (Å²) >= 11 is 0. The van der Waals surface area contributed by atoms with Gasteiger partial charge >= 0.3 is 0 Å². The van der Waals surface area contributed by atoms with Gasteiger partial charge in [0.25, 0.3) is 11.8 Å². The normalized spacial score (nSPS) is 10.7. The first kappa shape index (κ1) is 22.8. The highest BCUT2D eigenvalue weighted by Crippen LogP contribution is 2.39. The molecule has 0 aliphatic carbocycles. The van der Waals surface area contributed by atoms with E-state index in [0.717, 1.165) is 5.76 Å². The van der Waals surface area contributed by atoms with Gasteiger partial charge in [-0.05, 0) is 52.0 Å². The van der Waals surface area contributed by atoms with Crippen LogP contribution in [0.1, 0.15) is 42.6 Å². The smallest absolute Gasteiger partial charge is 0.259 e. The highest BCUT2D eigenvalue weighted by atomic mass is 16.5. The molecule has 0 bridgehead atoms. The summed E-state index contributed by atoms with van der Waals surface area (Å²) in [6.45, 7) is 8.27. The Morgan fingerprint density at radius 2 is 1.67 bits per heavy atom. The third kappa shape index (κ3) is 6.54. The number of carbonyl (C=O) groups excluding carboxylic acids is 2. The fourth-order valence-corrected chi connectivity index (χ4v) is 2.51. The molecule has 0 saturated heterocycles. The predicted octanol–water partition coefficient (Wildman–Crippen LogP) is 2.66. The van der Waals surface area contributed by atoms with Crippen molar-refractivity contribution in [2.75, 3.05) is 26.4 Å². The molecule has 0 saturated carbocycles. The highest BCUT2D eigenvalue weighted by Gasteiger charge is 2.18. The van der Waals surface area contributed by atoms with E-state index in [1.54, 1.807) is 31.2 Å². The van der Waals surface area contributed by atoms with Crippen molar-refractivity contribution in [1.82, 2.24) is 10.7 Å². The number of benzene rings is 1. The van der Waals surface area contributed by atoms with E-state index in [0.29, 0.717) is 42.8 Å². The fraction of sp³-hybridized carbons (Fsp3) is 0.381. The van der Waals surface area contributed by atoms with Crippen LogP contribution in [0, 0.1) is 6.92 Å².